The average molecular weight is 315 g/mol. The van der Waals surface area contributed by atoms with Crippen molar-refractivity contribution in [3.63, 3.8) is 0 Å². The molecule has 0 bridgehead atoms. The van der Waals surface area contributed by atoms with Gasteiger partial charge in [0.25, 0.3) is 5.91 Å². The van der Waals surface area contributed by atoms with Crippen LogP contribution in [0.3, 0.4) is 0 Å². The molecule has 23 heavy (non-hydrogen) atoms. The third kappa shape index (κ3) is 3.92. The van der Waals surface area contributed by atoms with Crippen LogP contribution in [0.15, 0.2) is 24.8 Å². The summed E-state index contributed by atoms with van der Waals surface area (Å²) in [5.41, 5.74) is 2.45. The molecule has 1 saturated heterocycles. The number of nitrogens with zero attached hydrogens (tertiary/aromatic N) is 5. The lowest BCUT2D eigenvalue weighted by Gasteiger charge is -2.23. The second-order valence-electron chi connectivity index (χ2n) is 5.95. The number of hydrogen-bond donors (Lipinski definition) is 0. The van der Waals surface area contributed by atoms with Gasteiger partial charge in [-0.3, -0.25) is 19.4 Å². The molecule has 7 nitrogen and oxygen atoms in total. The molecule has 0 saturated carbocycles. The van der Waals surface area contributed by atoms with Gasteiger partial charge < -0.3 is 9.64 Å². The molecule has 1 aliphatic heterocycles. The molecule has 0 aliphatic carbocycles. The van der Waals surface area contributed by atoms with Gasteiger partial charge in [0.15, 0.2) is 0 Å². The Bertz CT molecular complexity index is 667. The number of hydrogen-bond acceptors (Lipinski definition) is 5. The van der Waals surface area contributed by atoms with E-state index in [1.165, 1.54) is 0 Å². The van der Waals surface area contributed by atoms with Gasteiger partial charge in [-0.15, -0.1) is 0 Å². The zero-order valence-electron chi connectivity index (χ0n) is 13.5. The molecule has 1 fully saturated rings. The lowest BCUT2D eigenvalue weighted by atomic mass is 10.0. The van der Waals surface area contributed by atoms with Crippen molar-refractivity contribution in [1.29, 1.82) is 0 Å². The van der Waals surface area contributed by atoms with E-state index in [1.807, 2.05) is 11.8 Å². The first kappa shape index (κ1) is 15.6. The van der Waals surface area contributed by atoms with Crippen LogP contribution >= 0.6 is 0 Å². The van der Waals surface area contributed by atoms with Gasteiger partial charge in [-0.05, 0) is 13.3 Å². The van der Waals surface area contributed by atoms with E-state index in [9.17, 15) is 4.79 Å². The second kappa shape index (κ2) is 6.87. The second-order valence-corrected chi connectivity index (χ2v) is 5.95. The number of aryl methyl sites for hydroxylation is 2. The summed E-state index contributed by atoms with van der Waals surface area (Å²) in [4.78, 5) is 23.1. The molecular weight excluding hydrogens is 294 g/mol. The number of rotatable bonds is 3. The van der Waals surface area contributed by atoms with Crippen LogP contribution in [0.25, 0.3) is 0 Å². The highest BCUT2D eigenvalue weighted by Crippen LogP contribution is 2.14. The number of carbonyl (C=O) groups excluding carboxylic acids is 1. The van der Waals surface area contributed by atoms with Gasteiger partial charge in [0, 0.05) is 44.6 Å². The predicted octanol–water partition coefficient (Wildman–Crippen LogP) is 0.850. The molecule has 1 amide bonds. The zero-order valence-corrected chi connectivity index (χ0v) is 13.5. The molecule has 2 aromatic heterocycles. The Labute approximate surface area is 135 Å². The quantitative estimate of drug-likeness (QED) is 0.839. The molecule has 0 unspecified atom stereocenters. The van der Waals surface area contributed by atoms with Crippen LogP contribution in [0.2, 0.25) is 0 Å². The van der Waals surface area contributed by atoms with Crippen molar-refractivity contribution >= 4 is 5.91 Å². The van der Waals surface area contributed by atoms with Crippen molar-refractivity contribution < 1.29 is 9.53 Å². The molecule has 0 N–H and O–H groups in total. The maximum absolute atomic E-state index is 12.6. The molecule has 7 heteroatoms. The van der Waals surface area contributed by atoms with E-state index in [0.717, 1.165) is 17.8 Å². The van der Waals surface area contributed by atoms with Crippen molar-refractivity contribution in [3.8, 4) is 0 Å². The van der Waals surface area contributed by atoms with Crippen molar-refractivity contribution in [1.82, 2.24) is 24.6 Å². The molecule has 0 spiro atoms. The first-order chi connectivity index (χ1) is 11.1. The summed E-state index contributed by atoms with van der Waals surface area (Å²) in [5, 5.41) is 4.07. The monoisotopic (exact) mass is 315 g/mol. The first-order valence-corrected chi connectivity index (χ1v) is 7.75. The smallest absolute Gasteiger partial charge is 0.257 e. The molecule has 0 aromatic carbocycles. The Balaban J connectivity index is 1.68. The third-order valence-electron chi connectivity index (χ3n) is 3.91. The van der Waals surface area contributed by atoms with Gasteiger partial charge >= 0.3 is 0 Å². The standard InChI is InChI=1S/C16H21N5O2/c1-12-6-18-15(8-17-12)5-13-9-21(3-4-23-11-13)16(22)14-7-19-20(2)10-14/h6-8,10,13H,3-5,9,11H2,1-2H3/t13-/m0/s1. The normalized spacial score (nSPS) is 18.7. The van der Waals surface area contributed by atoms with Gasteiger partial charge in [-0.25, -0.2) is 0 Å². The molecule has 3 rings (SSSR count). The summed E-state index contributed by atoms with van der Waals surface area (Å²) in [6, 6.07) is 0. The van der Waals surface area contributed by atoms with E-state index >= 15 is 0 Å². The first-order valence-electron chi connectivity index (χ1n) is 7.75. The van der Waals surface area contributed by atoms with Crippen LogP contribution in [0.1, 0.15) is 21.7 Å². The molecule has 3 heterocycles. The fourth-order valence-electron chi connectivity index (χ4n) is 2.72. The van der Waals surface area contributed by atoms with Crippen LogP contribution < -0.4 is 0 Å². The highest BCUT2D eigenvalue weighted by Gasteiger charge is 2.24. The zero-order chi connectivity index (χ0) is 16.2. The largest absolute Gasteiger partial charge is 0.379 e. The van der Waals surface area contributed by atoms with Gasteiger partial charge in [-0.2, -0.15) is 5.10 Å². The van der Waals surface area contributed by atoms with Gasteiger partial charge in [-0.1, -0.05) is 0 Å². The van der Waals surface area contributed by atoms with E-state index in [4.69, 9.17) is 4.74 Å². The molecule has 1 aliphatic rings. The van der Waals surface area contributed by atoms with Crippen LogP contribution in [0.4, 0.5) is 0 Å². The Morgan fingerprint density at radius 3 is 2.91 bits per heavy atom. The maximum atomic E-state index is 12.6. The van der Waals surface area contributed by atoms with Gasteiger partial charge in [0.05, 0.1) is 36.4 Å². The molecule has 0 radical (unpaired) electrons. The fraction of sp³-hybridized carbons (Fsp3) is 0.500. The van der Waals surface area contributed by atoms with Crippen LogP contribution in [-0.2, 0) is 18.2 Å². The fourth-order valence-corrected chi connectivity index (χ4v) is 2.72. The predicted molar refractivity (Wildman–Crippen MR) is 83.9 cm³/mol. The minimum absolute atomic E-state index is 0.00332. The number of amides is 1. The molecule has 2 aromatic rings. The SMILES string of the molecule is Cc1cnc(C[C@@H]2COCCN(C(=O)c3cnn(C)c3)C2)cn1. The Morgan fingerprint density at radius 2 is 2.22 bits per heavy atom. The van der Waals surface area contributed by atoms with E-state index < -0.39 is 0 Å². The van der Waals surface area contributed by atoms with E-state index in [-0.39, 0.29) is 11.8 Å². The van der Waals surface area contributed by atoms with Crippen molar-refractivity contribution in [2.75, 3.05) is 26.3 Å². The topological polar surface area (TPSA) is 73.1 Å². The Kier molecular flexibility index (Phi) is 4.66. The summed E-state index contributed by atoms with van der Waals surface area (Å²) < 4.78 is 7.30. The maximum Gasteiger partial charge on any atom is 0.257 e. The number of aromatic nitrogens is 4. The summed E-state index contributed by atoms with van der Waals surface area (Å²) >= 11 is 0. The summed E-state index contributed by atoms with van der Waals surface area (Å²) in [5.74, 6) is 0.221. The van der Waals surface area contributed by atoms with Gasteiger partial charge in [0.2, 0.25) is 0 Å². The lowest BCUT2D eigenvalue weighted by Crippen LogP contribution is -2.36. The summed E-state index contributed by atoms with van der Waals surface area (Å²) in [6.07, 6.45) is 7.67. The average Bonchev–Trinajstić information content (AvgIpc) is 2.84. The minimum atomic E-state index is 0.00332. The third-order valence-corrected chi connectivity index (χ3v) is 3.91. The summed E-state index contributed by atoms with van der Waals surface area (Å²) in [7, 11) is 1.81. The highest BCUT2D eigenvalue weighted by atomic mass is 16.5. The van der Waals surface area contributed by atoms with Crippen molar-refractivity contribution in [3.05, 3.63) is 41.7 Å². The highest BCUT2D eigenvalue weighted by molar-refractivity contribution is 5.93. The number of carbonyl (C=O) groups is 1. The van der Waals surface area contributed by atoms with Crippen molar-refractivity contribution in [2.45, 2.75) is 13.3 Å². The van der Waals surface area contributed by atoms with Crippen molar-refractivity contribution in [2.24, 2.45) is 13.0 Å². The van der Waals surface area contributed by atoms with E-state index in [1.54, 1.807) is 36.5 Å². The van der Waals surface area contributed by atoms with E-state index in [0.29, 0.717) is 31.9 Å². The Morgan fingerprint density at radius 1 is 1.35 bits per heavy atom. The van der Waals surface area contributed by atoms with Crippen LogP contribution in [0, 0.1) is 12.8 Å². The van der Waals surface area contributed by atoms with E-state index in [2.05, 4.69) is 15.1 Å². The lowest BCUT2D eigenvalue weighted by molar-refractivity contribution is 0.0737. The molecular formula is C16H21N5O2. The molecule has 1 atom stereocenters. The van der Waals surface area contributed by atoms with Gasteiger partial charge in [0.1, 0.15) is 0 Å². The summed E-state index contributed by atoms with van der Waals surface area (Å²) in [6.45, 7) is 4.36. The Hall–Kier alpha value is -2.28. The minimum Gasteiger partial charge on any atom is -0.379 e. The van der Waals surface area contributed by atoms with Crippen LogP contribution in [0.5, 0.6) is 0 Å². The molecule has 122 valence electrons. The van der Waals surface area contributed by atoms with Crippen LogP contribution in [-0.4, -0.2) is 56.9 Å². The number of ether oxygens (including phenoxy) is 1.